The zero-order valence-electron chi connectivity index (χ0n) is 11.2. The molecule has 0 radical (unpaired) electrons. The van der Waals surface area contributed by atoms with Gasteiger partial charge in [0.15, 0.2) is 5.72 Å². The molecule has 5 nitrogen and oxygen atoms in total. The molecule has 21 heavy (non-hydrogen) atoms. The molecule has 2 aromatic heterocycles. The van der Waals surface area contributed by atoms with E-state index in [-0.39, 0.29) is 0 Å². The predicted octanol–water partition coefficient (Wildman–Crippen LogP) is 2.09. The van der Waals surface area contributed by atoms with Crippen LogP contribution in [0.3, 0.4) is 0 Å². The van der Waals surface area contributed by atoms with E-state index in [1.54, 1.807) is 6.92 Å². The van der Waals surface area contributed by atoms with Gasteiger partial charge in [-0.3, -0.25) is 4.98 Å². The van der Waals surface area contributed by atoms with Crippen LogP contribution in [0.1, 0.15) is 31.0 Å². The largest absolute Gasteiger partial charge is 0.417 e. The molecule has 1 fully saturated rings. The van der Waals surface area contributed by atoms with Crippen molar-refractivity contribution in [2.75, 3.05) is 0 Å². The molecule has 2 heterocycles. The first kappa shape index (κ1) is 14.0. The Labute approximate surface area is 118 Å². The first-order valence-corrected chi connectivity index (χ1v) is 6.39. The molecule has 1 atom stereocenters. The van der Waals surface area contributed by atoms with Crippen LogP contribution in [0.2, 0.25) is 0 Å². The maximum absolute atomic E-state index is 12.6. The molecule has 1 unspecified atom stereocenters. The maximum Gasteiger partial charge on any atom is 0.417 e. The van der Waals surface area contributed by atoms with Crippen LogP contribution in [0.25, 0.3) is 0 Å². The van der Waals surface area contributed by atoms with E-state index < -0.39 is 22.9 Å². The highest BCUT2D eigenvalue weighted by Gasteiger charge is 2.60. The summed E-state index contributed by atoms with van der Waals surface area (Å²) in [6.07, 6.45) is 0.300. The number of aromatic nitrogens is 4. The lowest BCUT2D eigenvalue weighted by Gasteiger charge is -2.32. The minimum absolute atomic E-state index is 0.427. The van der Waals surface area contributed by atoms with Gasteiger partial charge in [0.1, 0.15) is 12.7 Å². The zero-order chi connectivity index (χ0) is 15.3. The van der Waals surface area contributed by atoms with Crippen molar-refractivity contribution in [2.24, 2.45) is 0 Å². The average molecular weight is 298 g/mol. The van der Waals surface area contributed by atoms with Crippen molar-refractivity contribution in [3.63, 3.8) is 0 Å². The molecule has 112 valence electrons. The van der Waals surface area contributed by atoms with Gasteiger partial charge in [0, 0.05) is 6.20 Å². The summed E-state index contributed by atoms with van der Waals surface area (Å²) in [5.41, 5.74) is -2.50. The van der Waals surface area contributed by atoms with Gasteiger partial charge in [0.2, 0.25) is 0 Å². The average Bonchev–Trinajstić information content (AvgIpc) is 3.06. The second kappa shape index (κ2) is 4.27. The Morgan fingerprint density at radius 3 is 2.43 bits per heavy atom. The van der Waals surface area contributed by atoms with Crippen molar-refractivity contribution in [1.82, 2.24) is 19.7 Å². The van der Waals surface area contributed by atoms with Crippen molar-refractivity contribution in [3.8, 4) is 0 Å². The van der Waals surface area contributed by atoms with Crippen molar-refractivity contribution in [3.05, 3.63) is 42.2 Å². The number of hydrogen-bond acceptors (Lipinski definition) is 4. The summed E-state index contributed by atoms with van der Waals surface area (Å²) in [5.74, 6) is 0. The molecule has 8 heteroatoms. The third-order valence-corrected chi connectivity index (χ3v) is 4.10. The SMILES string of the molecule is CC(O)(n1cncn1)C1(c2ccc(C(F)(F)F)cn2)CC1. The lowest BCUT2D eigenvalue weighted by molar-refractivity contribution is -0.137. The third-order valence-electron chi connectivity index (χ3n) is 4.10. The fourth-order valence-corrected chi connectivity index (χ4v) is 2.59. The normalized spacial score (nSPS) is 20.0. The van der Waals surface area contributed by atoms with Gasteiger partial charge in [0.05, 0.1) is 16.7 Å². The van der Waals surface area contributed by atoms with Crippen LogP contribution in [0.5, 0.6) is 0 Å². The monoisotopic (exact) mass is 298 g/mol. The van der Waals surface area contributed by atoms with Gasteiger partial charge < -0.3 is 5.11 Å². The lowest BCUT2D eigenvalue weighted by atomic mass is 9.89. The van der Waals surface area contributed by atoms with Gasteiger partial charge >= 0.3 is 6.18 Å². The van der Waals surface area contributed by atoms with E-state index >= 15 is 0 Å². The number of aliphatic hydroxyl groups is 1. The Hall–Kier alpha value is -1.96. The first-order valence-electron chi connectivity index (χ1n) is 6.39. The third kappa shape index (κ3) is 2.10. The Morgan fingerprint density at radius 1 is 1.29 bits per heavy atom. The number of pyridine rings is 1. The Kier molecular flexibility index (Phi) is 2.84. The van der Waals surface area contributed by atoms with Gasteiger partial charge in [-0.25, -0.2) is 9.67 Å². The van der Waals surface area contributed by atoms with Gasteiger partial charge in [-0.2, -0.15) is 18.3 Å². The van der Waals surface area contributed by atoms with Crippen LogP contribution in [0.15, 0.2) is 31.0 Å². The Bertz CT molecular complexity index is 630. The molecule has 0 bridgehead atoms. The van der Waals surface area contributed by atoms with E-state index in [9.17, 15) is 18.3 Å². The minimum Gasteiger partial charge on any atom is -0.368 e. The molecule has 0 aliphatic heterocycles. The molecular weight excluding hydrogens is 285 g/mol. The molecule has 1 saturated carbocycles. The van der Waals surface area contributed by atoms with Crippen molar-refractivity contribution < 1.29 is 18.3 Å². The highest BCUT2D eigenvalue weighted by molar-refractivity contribution is 5.31. The summed E-state index contributed by atoms with van der Waals surface area (Å²) in [6.45, 7) is 1.56. The zero-order valence-corrected chi connectivity index (χ0v) is 11.2. The minimum atomic E-state index is -4.42. The molecule has 1 aliphatic rings. The number of halogens is 3. The van der Waals surface area contributed by atoms with Gasteiger partial charge in [-0.05, 0) is 31.9 Å². The summed E-state index contributed by atoms with van der Waals surface area (Å²) < 4.78 is 39.0. The van der Waals surface area contributed by atoms with Crippen LogP contribution in [0.4, 0.5) is 13.2 Å². The van der Waals surface area contributed by atoms with Crippen LogP contribution >= 0.6 is 0 Å². The topological polar surface area (TPSA) is 63.8 Å². The highest BCUT2D eigenvalue weighted by atomic mass is 19.4. The fraction of sp³-hybridized carbons (Fsp3) is 0.462. The molecule has 0 amide bonds. The molecule has 0 spiro atoms. The van der Waals surface area contributed by atoms with E-state index in [0.29, 0.717) is 18.5 Å². The van der Waals surface area contributed by atoms with Gasteiger partial charge in [-0.15, -0.1) is 0 Å². The second-order valence-corrected chi connectivity index (χ2v) is 5.37. The number of rotatable bonds is 3. The highest BCUT2D eigenvalue weighted by Crippen LogP contribution is 2.56. The second-order valence-electron chi connectivity index (χ2n) is 5.37. The molecule has 1 N–H and O–H groups in total. The molecule has 3 rings (SSSR count). The smallest absolute Gasteiger partial charge is 0.368 e. The maximum atomic E-state index is 12.6. The van der Waals surface area contributed by atoms with Crippen LogP contribution in [-0.2, 0) is 17.3 Å². The number of nitrogens with zero attached hydrogens (tertiary/aromatic N) is 4. The molecular formula is C13H13F3N4O. The van der Waals surface area contributed by atoms with E-state index in [1.165, 1.54) is 23.4 Å². The number of hydrogen-bond donors (Lipinski definition) is 1. The van der Waals surface area contributed by atoms with Crippen LogP contribution in [-0.4, -0.2) is 24.9 Å². The summed E-state index contributed by atoms with van der Waals surface area (Å²) in [4.78, 5) is 7.71. The summed E-state index contributed by atoms with van der Waals surface area (Å²) in [7, 11) is 0. The molecule has 1 aliphatic carbocycles. The number of alkyl halides is 3. The van der Waals surface area contributed by atoms with E-state index in [4.69, 9.17) is 0 Å². The van der Waals surface area contributed by atoms with Crippen molar-refractivity contribution in [1.29, 1.82) is 0 Å². The fourth-order valence-electron chi connectivity index (χ4n) is 2.59. The predicted molar refractivity (Wildman–Crippen MR) is 66.0 cm³/mol. The van der Waals surface area contributed by atoms with Gasteiger partial charge in [0.25, 0.3) is 0 Å². The lowest BCUT2D eigenvalue weighted by Crippen LogP contribution is -2.43. The molecule has 0 saturated heterocycles. The summed E-state index contributed by atoms with van der Waals surface area (Å²) >= 11 is 0. The Morgan fingerprint density at radius 2 is 2.00 bits per heavy atom. The molecule has 2 aromatic rings. The quantitative estimate of drug-likeness (QED) is 0.942. The summed E-state index contributed by atoms with van der Waals surface area (Å²) in [5, 5.41) is 14.7. The van der Waals surface area contributed by atoms with E-state index in [0.717, 1.165) is 12.3 Å². The first-order chi connectivity index (χ1) is 9.77. The Balaban J connectivity index is 1.96. The van der Waals surface area contributed by atoms with Crippen LogP contribution < -0.4 is 0 Å². The van der Waals surface area contributed by atoms with Crippen molar-refractivity contribution in [2.45, 2.75) is 37.1 Å². The van der Waals surface area contributed by atoms with Crippen molar-refractivity contribution >= 4 is 0 Å². The van der Waals surface area contributed by atoms with E-state index in [2.05, 4.69) is 15.1 Å². The van der Waals surface area contributed by atoms with E-state index in [1.807, 2.05) is 0 Å². The summed E-state index contributed by atoms with van der Waals surface area (Å²) in [6, 6.07) is 2.31. The molecule has 0 aromatic carbocycles. The standard InChI is InChI=1S/C13H13F3N4O/c1-11(21,20-8-17-7-19-20)12(4-5-12)10-3-2-9(6-18-10)13(14,15)16/h2-3,6-8,21H,4-5H2,1H3. The van der Waals surface area contributed by atoms with Gasteiger partial charge in [-0.1, -0.05) is 0 Å². The van der Waals surface area contributed by atoms with Crippen LogP contribution in [0, 0.1) is 0 Å².